The molecule has 3 aliphatic carbocycles. The standard InChI is InChI=1S/C21H26INO3/c1-11-6-7-12(10-13(11)23-2)26-9-5-4-8-20-14-15-17(20)22-18(20)16(14)21(15,22)19(24)25-3/h6-7,10,14-18,23H,4-5,8-9H2,1-3H3. The summed E-state index contributed by atoms with van der Waals surface area (Å²) in [6.45, 7) is 2.91. The number of hydrogen-bond donors (Lipinski definition) is 1. The van der Waals surface area contributed by atoms with Gasteiger partial charge in [-0.25, -0.2) is 0 Å². The molecule has 6 fully saturated rings. The molecule has 140 valence electrons. The average molecular weight is 467 g/mol. The summed E-state index contributed by atoms with van der Waals surface area (Å²) in [7, 11) is 3.54. The van der Waals surface area contributed by atoms with Crippen molar-refractivity contribution in [3.8, 4) is 5.75 Å². The first-order valence-electron chi connectivity index (χ1n) is 9.80. The van der Waals surface area contributed by atoms with E-state index in [9.17, 15) is 4.79 Å². The van der Waals surface area contributed by atoms with Crippen LogP contribution in [0.3, 0.4) is 0 Å². The Kier molecular flexibility index (Phi) is 3.01. The van der Waals surface area contributed by atoms with Crippen molar-refractivity contribution in [2.75, 3.05) is 26.1 Å². The number of hydrogen-bond acceptors (Lipinski definition) is 4. The molecule has 4 nitrogen and oxygen atoms in total. The number of rotatable bonds is 8. The van der Waals surface area contributed by atoms with E-state index in [0.717, 1.165) is 55.5 Å². The Morgan fingerprint density at radius 2 is 2.00 bits per heavy atom. The summed E-state index contributed by atoms with van der Waals surface area (Å²) in [4.78, 5) is 12.2. The van der Waals surface area contributed by atoms with Crippen LogP contribution in [0.5, 0.6) is 5.75 Å². The van der Waals surface area contributed by atoms with Crippen molar-refractivity contribution in [1.29, 1.82) is 0 Å². The molecular formula is C21H26INO3. The molecular weight excluding hydrogens is 441 g/mol. The summed E-state index contributed by atoms with van der Waals surface area (Å²) in [6.07, 6.45) is 3.81. The van der Waals surface area contributed by atoms with Crippen molar-refractivity contribution in [3.63, 3.8) is 0 Å². The Balaban J connectivity index is 0.994. The zero-order valence-electron chi connectivity index (χ0n) is 15.5. The van der Waals surface area contributed by atoms with Crippen molar-refractivity contribution < 1.29 is 14.3 Å². The molecule has 0 bridgehead atoms. The minimum absolute atomic E-state index is 0.181. The second-order valence-electron chi connectivity index (χ2n) is 8.63. The fourth-order valence-electron chi connectivity index (χ4n) is 7.26. The Bertz CT molecular complexity index is 768. The van der Waals surface area contributed by atoms with Crippen LogP contribution in [0.15, 0.2) is 18.2 Å². The van der Waals surface area contributed by atoms with Gasteiger partial charge in [0.05, 0.1) is 0 Å². The molecule has 3 heterocycles. The molecule has 0 aromatic heterocycles. The number of unbranched alkanes of at least 4 members (excludes halogenated alkanes) is 1. The topological polar surface area (TPSA) is 47.6 Å². The van der Waals surface area contributed by atoms with Crippen molar-refractivity contribution in [3.05, 3.63) is 23.8 Å². The molecule has 7 rings (SSSR count). The van der Waals surface area contributed by atoms with Crippen LogP contribution in [0, 0.1) is 30.1 Å². The van der Waals surface area contributed by atoms with E-state index in [1.165, 1.54) is 18.4 Å². The normalized spacial score (nSPS) is 45.2. The van der Waals surface area contributed by atoms with E-state index in [1.807, 2.05) is 7.05 Å². The zero-order chi connectivity index (χ0) is 17.8. The molecule has 1 N–H and O–H groups in total. The SMILES string of the molecule is CNc1cc(OCCCCC23C4C5C2I2C3C4C52C(=O)OC)ccc1C. The fraction of sp³-hybridized carbons (Fsp3) is 0.667. The van der Waals surface area contributed by atoms with Crippen LogP contribution in [0.25, 0.3) is 0 Å². The maximum absolute atomic E-state index is 12.2. The number of carbonyl (C=O) groups is 1. The number of nitrogens with one attached hydrogen (secondary N) is 1. The van der Waals surface area contributed by atoms with Gasteiger partial charge in [-0.2, -0.15) is 0 Å². The van der Waals surface area contributed by atoms with Gasteiger partial charge in [-0.1, -0.05) is 0 Å². The third-order valence-electron chi connectivity index (χ3n) is 8.14. The van der Waals surface area contributed by atoms with Gasteiger partial charge < -0.3 is 0 Å². The summed E-state index contributed by atoms with van der Waals surface area (Å²) in [6, 6.07) is 6.26. The van der Waals surface area contributed by atoms with E-state index in [1.54, 1.807) is 7.11 Å². The summed E-state index contributed by atoms with van der Waals surface area (Å²) in [5.41, 5.74) is 3.11. The fourth-order valence-corrected chi connectivity index (χ4v) is 20.8. The molecule has 0 radical (unpaired) electrons. The second-order valence-corrected chi connectivity index (χ2v) is 15.1. The van der Waals surface area contributed by atoms with E-state index in [0.29, 0.717) is 0 Å². The molecule has 1 aromatic carbocycles. The number of ether oxygens (including phenoxy) is 2. The molecule has 4 atom stereocenters. The molecule has 26 heavy (non-hydrogen) atoms. The quantitative estimate of drug-likeness (QED) is 0.275. The monoisotopic (exact) mass is 467 g/mol. The zero-order valence-corrected chi connectivity index (χ0v) is 17.7. The van der Waals surface area contributed by atoms with Crippen molar-refractivity contribution in [2.24, 2.45) is 23.2 Å². The molecule has 3 saturated heterocycles. The number of aryl methyl sites for hydroxylation is 1. The Hall–Kier alpha value is -0.980. The predicted octanol–water partition coefficient (Wildman–Crippen LogP) is 3.64. The number of methoxy groups -OCH3 is 1. The van der Waals surface area contributed by atoms with Gasteiger partial charge in [0.15, 0.2) is 0 Å². The van der Waals surface area contributed by atoms with Gasteiger partial charge in [0.2, 0.25) is 0 Å². The number of benzene rings is 1. The van der Waals surface area contributed by atoms with Crippen LogP contribution in [0.1, 0.15) is 24.8 Å². The minimum atomic E-state index is -0.962. The van der Waals surface area contributed by atoms with Crippen LogP contribution in [0.4, 0.5) is 5.69 Å². The number of halogens is 1. The molecule has 4 unspecified atom stereocenters. The molecule has 6 aliphatic rings. The van der Waals surface area contributed by atoms with Crippen LogP contribution >= 0.6 is 19.8 Å². The first-order valence-corrected chi connectivity index (χ1v) is 13.4. The number of alkyl halides is 3. The predicted molar refractivity (Wildman–Crippen MR) is 109 cm³/mol. The second kappa shape index (κ2) is 4.89. The van der Waals surface area contributed by atoms with Gasteiger partial charge >= 0.3 is 162 Å². The molecule has 5 heteroatoms. The summed E-state index contributed by atoms with van der Waals surface area (Å²) < 4.78 is 13.3. The molecule has 1 aromatic rings. The van der Waals surface area contributed by atoms with E-state index in [2.05, 4.69) is 30.4 Å². The van der Waals surface area contributed by atoms with Crippen LogP contribution in [0.2, 0.25) is 0 Å². The third kappa shape index (κ3) is 1.35. The summed E-state index contributed by atoms with van der Waals surface area (Å²) in [5, 5.41) is 3.21. The van der Waals surface area contributed by atoms with Crippen LogP contribution in [-0.2, 0) is 9.53 Å². The van der Waals surface area contributed by atoms with Crippen LogP contribution < -0.4 is 10.1 Å². The molecule has 3 aliphatic heterocycles. The average Bonchev–Trinajstić information content (AvgIpc) is 2.68. The van der Waals surface area contributed by atoms with Crippen molar-refractivity contribution >= 4 is 31.5 Å². The third-order valence-corrected chi connectivity index (χ3v) is 18.8. The summed E-state index contributed by atoms with van der Waals surface area (Å²) >= 11 is -0.962. The number of carbonyl (C=O) groups excluding carboxylic acids is 1. The van der Waals surface area contributed by atoms with Gasteiger partial charge in [-0.3, -0.25) is 0 Å². The molecule has 3 saturated carbocycles. The van der Waals surface area contributed by atoms with E-state index in [4.69, 9.17) is 9.47 Å². The van der Waals surface area contributed by atoms with Crippen LogP contribution in [-0.4, -0.2) is 38.0 Å². The Morgan fingerprint density at radius 3 is 2.62 bits per heavy atom. The van der Waals surface area contributed by atoms with Gasteiger partial charge in [-0.15, -0.1) is 0 Å². The molecule has 0 spiro atoms. The van der Waals surface area contributed by atoms with Crippen molar-refractivity contribution in [2.45, 2.75) is 37.5 Å². The van der Waals surface area contributed by atoms with E-state index in [-0.39, 0.29) is 9.39 Å². The van der Waals surface area contributed by atoms with Gasteiger partial charge in [-0.05, 0) is 0 Å². The first kappa shape index (κ1) is 16.0. The van der Waals surface area contributed by atoms with Gasteiger partial charge in [0.1, 0.15) is 0 Å². The molecule has 0 amide bonds. The van der Waals surface area contributed by atoms with E-state index < -0.39 is 19.8 Å². The van der Waals surface area contributed by atoms with E-state index >= 15 is 0 Å². The van der Waals surface area contributed by atoms with Crippen molar-refractivity contribution in [1.82, 2.24) is 0 Å². The maximum atomic E-state index is 12.2. The number of anilines is 1. The number of esters is 1. The Labute approximate surface area is 161 Å². The van der Waals surface area contributed by atoms with Gasteiger partial charge in [0, 0.05) is 0 Å². The first-order chi connectivity index (χ1) is 12.6. The Morgan fingerprint density at radius 1 is 1.23 bits per heavy atom. The summed E-state index contributed by atoms with van der Waals surface area (Å²) in [5.74, 6) is 3.61. The van der Waals surface area contributed by atoms with Gasteiger partial charge in [0.25, 0.3) is 0 Å².